The van der Waals surface area contributed by atoms with Crippen molar-refractivity contribution in [2.24, 2.45) is 0 Å². The summed E-state index contributed by atoms with van der Waals surface area (Å²) >= 11 is 6.60. The van der Waals surface area contributed by atoms with Crippen molar-refractivity contribution in [2.75, 3.05) is 5.32 Å². The first-order chi connectivity index (χ1) is 15.1. The van der Waals surface area contributed by atoms with E-state index in [1.165, 1.54) is 30.1 Å². The van der Waals surface area contributed by atoms with Crippen molar-refractivity contribution in [3.05, 3.63) is 80.4 Å². The Hall–Kier alpha value is -2.46. The predicted octanol–water partition coefficient (Wildman–Crippen LogP) is 6.36. The van der Waals surface area contributed by atoms with Crippen LogP contribution in [0.3, 0.4) is 0 Å². The summed E-state index contributed by atoms with van der Waals surface area (Å²) < 4.78 is 3.81. The molecule has 0 bridgehead atoms. The lowest BCUT2D eigenvalue weighted by Gasteiger charge is -2.07. The maximum absolute atomic E-state index is 12.3. The van der Waals surface area contributed by atoms with Gasteiger partial charge < -0.3 is 5.32 Å². The molecule has 1 aromatic carbocycles. The van der Waals surface area contributed by atoms with Crippen molar-refractivity contribution >= 4 is 72.2 Å². The van der Waals surface area contributed by atoms with Gasteiger partial charge in [0.2, 0.25) is 4.96 Å². The van der Waals surface area contributed by atoms with Crippen LogP contribution in [0.1, 0.15) is 22.5 Å². The van der Waals surface area contributed by atoms with Crippen LogP contribution in [0.15, 0.2) is 63.4 Å². The zero-order valence-corrected chi connectivity index (χ0v) is 19.9. The van der Waals surface area contributed by atoms with E-state index in [1.54, 1.807) is 40.5 Å². The third kappa shape index (κ3) is 4.31. The second-order valence-electron chi connectivity index (χ2n) is 6.82. The highest BCUT2D eigenvalue weighted by Gasteiger charge is 2.10. The molecule has 0 atom stereocenters. The van der Waals surface area contributed by atoms with Crippen LogP contribution in [0.5, 0.6) is 0 Å². The Morgan fingerprint density at radius 1 is 1.23 bits per heavy atom. The predicted molar refractivity (Wildman–Crippen MR) is 135 cm³/mol. The van der Waals surface area contributed by atoms with Gasteiger partial charge in [0.15, 0.2) is 0 Å². The molecule has 1 N–H and O–H groups in total. The van der Waals surface area contributed by atoms with Gasteiger partial charge >= 0.3 is 0 Å². The molecule has 5 aromatic rings. The number of aromatic nitrogens is 3. The number of hydrogen-bond acceptors (Lipinski definition) is 8. The van der Waals surface area contributed by atoms with Crippen LogP contribution in [0.4, 0.5) is 5.69 Å². The van der Waals surface area contributed by atoms with E-state index < -0.39 is 0 Å². The first-order valence-electron chi connectivity index (χ1n) is 9.64. The zero-order chi connectivity index (χ0) is 21.4. The number of hydrogen-bond donors (Lipinski definition) is 1. The van der Waals surface area contributed by atoms with Gasteiger partial charge in [-0.2, -0.15) is 9.61 Å². The summed E-state index contributed by atoms with van der Waals surface area (Å²) in [4.78, 5) is 18.8. The van der Waals surface area contributed by atoms with E-state index in [2.05, 4.69) is 52.3 Å². The van der Waals surface area contributed by atoms with E-state index in [1.807, 2.05) is 18.4 Å². The average molecular weight is 483 g/mol. The number of rotatable bonds is 7. The number of anilines is 1. The summed E-state index contributed by atoms with van der Waals surface area (Å²) in [6.07, 6.45) is 0.802. The van der Waals surface area contributed by atoms with Crippen molar-refractivity contribution in [2.45, 2.75) is 23.3 Å². The molecule has 0 aliphatic rings. The van der Waals surface area contributed by atoms with Crippen molar-refractivity contribution in [1.82, 2.24) is 14.6 Å². The SMILES string of the molecule is C=C(Nc1ccc2cc(SCc3cc(=O)n4nc(CC)sc4n3)sc2c1)c1cccs1. The number of aryl methyl sites for hydroxylation is 1. The molecular weight excluding hydrogens is 465 g/mol. The first-order valence-corrected chi connectivity index (χ1v) is 13.1. The van der Waals surface area contributed by atoms with Gasteiger partial charge in [-0.15, -0.1) is 34.4 Å². The van der Waals surface area contributed by atoms with E-state index in [0.29, 0.717) is 10.7 Å². The lowest BCUT2D eigenvalue weighted by Crippen LogP contribution is -2.15. The van der Waals surface area contributed by atoms with Crippen LogP contribution in [-0.2, 0) is 12.2 Å². The van der Waals surface area contributed by atoms with Crippen LogP contribution in [0.25, 0.3) is 20.7 Å². The summed E-state index contributed by atoms with van der Waals surface area (Å²) in [5.41, 5.74) is 2.60. The topological polar surface area (TPSA) is 59.3 Å². The van der Waals surface area contributed by atoms with Crippen molar-refractivity contribution < 1.29 is 0 Å². The van der Waals surface area contributed by atoms with Crippen LogP contribution < -0.4 is 10.9 Å². The molecule has 0 fully saturated rings. The van der Waals surface area contributed by atoms with Gasteiger partial charge in [-0.25, -0.2) is 4.98 Å². The molecule has 4 heterocycles. The summed E-state index contributed by atoms with van der Waals surface area (Å²) in [6, 6.07) is 14.2. The number of thioether (sulfide) groups is 1. The fourth-order valence-electron chi connectivity index (χ4n) is 3.10. The number of benzene rings is 1. The van der Waals surface area contributed by atoms with Gasteiger partial charge in [0, 0.05) is 32.8 Å². The van der Waals surface area contributed by atoms with Crippen molar-refractivity contribution in [3.63, 3.8) is 0 Å². The van der Waals surface area contributed by atoms with Gasteiger partial charge in [0.05, 0.1) is 9.90 Å². The van der Waals surface area contributed by atoms with Gasteiger partial charge in [-0.05, 0) is 41.5 Å². The van der Waals surface area contributed by atoms with Crippen LogP contribution in [-0.4, -0.2) is 14.6 Å². The molecule has 5 rings (SSSR count). The number of fused-ring (bicyclic) bond motifs is 2. The summed E-state index contributed by atoms with van der Waals surface area (Å²) in [6.45, 7) is 6.16. The van der Waals surface area contributed by atoms with Gasteiger partial charge in [0.1, 0.15) is 5.01 Å². The highest BCUT2D eigenvalue weighted by Crippen LogP contribution is 2.36. The lowest BCUT2D eigenvalue weighted by atomic mass is 10.2. The Bertz CT molecular complexity index is 1450. The third-order valence-corrected chi connectivity index (χ3v) is 8.94. The molecular formula is C22H18N4OS4. The van der Waals surface area contributed by atoms with E-state index in [4.69, 9.17) is 0 Å². The molecule has 156 valence electrons. The van der Waals surface area contributed by atoms with E-state index in [0.717, 1.165) is 33.4 Å². The lowest BCUT2D eigenvalue weighted by molar-refractivity contribution is 0.852. The fraction of sp³-hybridized carbons (Fsp3) is 0.136. The molecule has 0 saturated heterocycles. The molecule has 0 saturated carbocycles. The zero-order valence-electron chi connectivity index (χ0n) is 16.6. The molecule has 0 aliphatic heterocycles. The Balaban J connectivity index is 1.32. The molecule has 0 spiro atoms. The summed E-state index contributed by atoms with van der Waals surface area (Å²) in [7, 11) is 0. The molecule has 0 aliphatic carbocycles. The Morgan fingerprint density at radius 2 is 2.13 bits per heavy atom. The quantitative estimate of drug-likeness (QED) is 0.273. The molecule has 31 heavy (non-hydrogen) atoms. The number of nitrogens with one attached hydrogen (secondary N) is 1. The molecule has 0 unspecified atom stereocenters. The van der Waals surface area contributed by atoms with Gasteiger partial charge in [-0.3, -0.25) is 4.79 Å². The minimum absolute atomic E-state index is 0.116. The second-order valence-corrected chi connectivity index (χ2v) is 11.2. The number of thiophene rings is 2. The maximum Gasteiger partial charge on any atom is 0.275 e. The average Bonchev–Trinajstić information content (AvgIpc) is 3.50. The molecule has 0 radical (unpaired) electrons. The van der Waals surface area contributed by atoms with Gasteiger partial charge in [0.25, 0.3) is 5.56 Å². The second kappa shape index (κ2) is 8.58. The van der Waals surface area contributed by atoms with Crippen molar-refractivity contribution in [3.8, 4) is 0 Å². The largest absolute Gasteiger partial charge is 0.355 e. The highest BCUT2D eigenvalue weighted by molar-refractivity contribution is 8.00. The summed E-state index contributed by atoms with van der Waals surface area (Å²) in [5, 5.41) is 11.9. The maximum atomic E-state index is 12.3. The highest BCUT2D eigenvalue weighted by atomic mass is 32.2. The van der Waals surface area contributed by atoms with Crippen molar-refractivity contribution in [1.29, 1.82) is 0 Å². The van der Waals surface area contributed by atoms with E-state index in [9.17, 15) is 4.79 Å². The molecule has 9 heteroatoms. The first kappa shape index (κ1) is 20.4. The Kier molecular flexibility index (Phi) is 5.66. The number of nitrogens with zero attached hydrogens (tertiary/aromatic N) is 3. The molecule has 0 amide bonds. The summed E-state index contributed by atoms with van der Waals surface area (Å²) in [5.74, 6) is 0.651. The third-order valence-electron chi connectivity index (χ3n) is 4.62. The minimum atomic E-state index is -0.116. The smallest absolute Gasteiger partial charge is 0.275 e. The molecule has 5 nitrogen and oxygen atoms in total. The Morgan fingerprint density at radius 3 is 2.94 bits per heavy atom. The standard InChI is InChI=1S/C22H18N4OS4/c1-3-19-25-26-20(27)11-16(24-22(26)31-19)12-29-21-9-14-6-7-15(10-18(14)30-21)23-13(2)17-5-4-8-28-17/h4-11,23H,2-3,12H2,1H3. The van der Waals surface area contributed by atoms with Crippen LogP contribution in [0, 0.1) is 0 Å². The molecule has 4 aromatic heterocycles. The van der Waals surface area contributed by atoms with Gasteiger partial charge in [-0.1, -0.05) is 37.0 Å². The Labute approximate surface area is 195 Å². The minimum Gasteiger partial charge on any atom is -0.355 e. The van der Waals surface area contributed by atoms with Crippen LogP contribution >= 0.6 is 45.8 Å². The monoisotopic (exact) mass is 482 g/mol. The normalized spacial score (nSPS) is 11.4. The fourth-order valence-corrected chi connectivity index (χ4v) is 6.77. The van der Waals surface area contributed by atoms with Crippen LogP contribution in [0.2, 0.25) is 0 Å². The van der Waals surface area contributed by atoms with E-state index >= 15 is 0 Å². The van der Waals surface area contributed by atoms with E-state index in [-0.39, 0.29) is 5.56 Å².